The smallest absolute Gasteiger partial charge is 0.260 e. The number of rotatable bonds is 4. The predicted molar refractivity (Wildman–Crippen MR) is 77.3 cm³/mol. The third kappa shape index (κ3) is 3.47. The number of hydrogen-bond acceptors (Lipinski definition) is 2. The van der Waals surface area contributed by atoms with Crippen molar-refractivity contribution in [2.75, 3.05) is 0 Å². The average molecular weight is 257 g/mol. The van der Waals surface area contributed by atoms with Crippen molar-refractivity contribution in [3.05, 3.63) is 42.5 Å². The summed E-state index contributed by atoms with van der Waals surface area (Å²) in [5.41, 5.74) is 0. The maximum Gasteiger partial charge on any atom is 0.260 e. The summed E-state index contributed by atoms with van der Waals surface area (Å²) >= 11 is 0. The lowest BCUT2D eigenvalue weighted by atomic mass is 10.1. The van der Waals surface area contributed by atoms with Crippen LogP contribution < -0.4 is 10.1 Å². The Labute approximate surface area is 113 Å². The first-order chi connectivity index (χ1) is 9.06. The quantitative estimate of drug-likeness (QED) is 0.913. The average Bonchev–Trinajstić information content (AvgIpc) is 2.37. The van der Waals surface area contributed by atoms with Crippen LogP contribution in [-0.2, 0) is 4.79 Å². The van der Waals surface area contributed by atoms with Crippen molar-refractivity contribution in [1.29, 1.82) is 0 Å². The van der Waals surface area contributed by atoms with Gasteiger partial charge in [-0.25, -0.2) is 0 Å². The van der Waals surface area contributed by atoms with E-state index in [4.69, 9.17) is 4.74 Å². The molecule has 0 spiro atoms. The maximum atomic E-state index is 11.8. The molecule has 0 saturated carbocycles. The lowest BCUT2D eigenvalue weighted by Gasteiger charge is -2.16. The fourth-order valence-electron chi connectivity index (χ4n) is 1.90. The summed E-state index contributed by atoms with van der Waals surface area (Å²) in [4.78, 5) is 11.8. The summed E-state index contributed by atoms with van der Waals surface area (Å²) in [6.45, 7) is 5.62. The molecule has 0 bridgehead atoms. The van der Waals surface area contributed by atoms with Gasteiger partial charge in [0.05, 0.1) is 0 Å². The van der Waals surface area contributed by atoms with Crippen LogP contribution in [0.4, 0.5) is 0 Å². The van der Waals surface area contributed by atoms with Gasteiger partial charge in [-0.1, -0.05) is 30.3 Å². The lowest BCUT2D eigenvalue weighted by Crippen LogP contribution is -2.39. The van der Waals surface area contributed by atoms with Crippen LogP contribution in [0.2, 0.25) is 0 Å². The van der Waals surface area contributed by atoms with Crippen molar-refractivity contribution in [2.24, 2.45) is 0 Å². The van der Waals surface area contributed by atoms with Crippen LogP contribution >= 0.6 is 0 Å². The SMILES string of the molecule is CC(C)NC(=O)[C@H](C)Oc1ccc2ccccc2c1. The minimum atomic E-state index is -0.497. The Bertz CT molecular complexity index is 578. The van der Waals surface area contributed by atoms with Gasteiger partial charge in [-0.05, 0) is 43.7 Å². The summed E-state index contributed by atoms with van der Waals surface area (Å²) in [5.74, 6) is 0.619. The molecule has 1 atom stereocenters. The second-order valence-corrected chi connectivity index (χ2v) is 4.93. The molecule has 0 aliphatic heterocycles. The number of amides is 1. The summed E-state index contributed by atoms with van der Waals surface area (Å²) in [5, 5.41) is 5.11. The molecular weight excluding hydrogens is 238 g/mol. The minimum Gasteiger partial charge on any atom is -0.481 e. The number of carbonyl (C=O) groups excluding carboxylic acids is 1. The first kappa shape index (κ1) is 13.4. The van der Waals surface area contributed by atoms with Crippen LogP contribution in [0.5, 0.6) is 5.75 Å². The Kier molecular flexibility index (Phi) is 4.05. The zero-order chi connectivity index (χ0) is 13.8. The molecule has 1 N–H and O–H groups in total. The van der Waals surface area contributed by atoms with Crippen LogP contribution in [-0.4, -0.2) is 18.1 Å². The van der Waals surface area contributed by atoms with E-state index in [1.807, 2.05) is 56.3 Å². The van der Waals surface area contributed by atoms with E-state index in [1.54, 1.807) is 6.92 Å². The monoisotopic (exact) mass is 257 g/mol. The molecule has 0 heterocycles. The maximum absolute atomic E-state index is 11.8. The highest BCUT2D eigenvalue weighted by Crippen LogP contribution is 2.21. The van der Waals surface area contributed by atoms with E-state index in [9.17, 15) is 4.79 Å². The Morgan fingerprint density at radius 1 is 1.05 bits per heavy atom. The highest BCUT2D eigenvalue weighted by molar-refractivity contribution is 5.84. The molecule has 0 unspecified atom stereocenters. The van der Waals surface area contributed by atoms with E-state index in [-0.39, 0.29) is 11.9 Å². The fraction of sp³-hybridized carbons (Fsp3) is 0.312. The Morgan fingerprint density at radius 2 is 1.74 bits per heavy atom. The largest absolute Gasteiger partial charge is 0.481 e. The molecule has 0 radical (unpaired) electrons. The second kappa shape index (κ2) is 5.74. The van der Waals surface area contributed by atoms with Gasteiger partial charge in [-0.3, -0.25) is 4.79 Å². The van der Waals surface area contributed by atoms with E-state index >= 15 is 0 Å². The molecule has 0 saturated heterocycles. The van der Waals surface area contributed by atoms with Gasteiger partial charge in [0, 0.05) is 6.04 Å². The van der Waals surface area contributed by atoms with Crippen LogP contribution in [0.3, 0.4) is 0 Å². The van der Waals surface area contributed by atoms with Gasteiger partial charge < -0.3 is 10.1 Å². The molecule has 2 aromatic rings. The molecule has 1 amide bonds. The van der Waals surface area contributed by atoms with Crippen LogP contribution in [0.25, 0.3) is 10.8 Å². The third-order valence-corrected chi connectivity index (χ3v) is 2.83. The summed E-state index contributed by atoms with van der Waals surface area (Å²) < 4.78 is 5.67. The fourth-order valence-corrected chi connectivity index (χ4v) is 1.90. The number of ether oxygens (including phenoxy) is 1. The van der Waals surface area contributed by atoms with Crippen molar-refractivity contribution in [2.45, 2.75) is 32.9 Å². The molecule has 3 nitrogen and oxygen atoms in total. The van der Waals surface area contributed by atoms with E-state index in [1.165, 1.54) is 0 Å². The standard InChI is InChI=1S/C16H19NO2/c1-11(2)17-16(18)12(3)19-15-9-8-13-6-4-5-7-14(13)10-15/h4-12H,1-3H3,(H,17,18)/t12-/m0/s1. The van der Waals surface area contributed by atoms with Crippen LogP contribution in [0.1, 0.15) is 20.8 Å². The van der Waals surface area contributed by atoms with E-state index in [0.29, 0.717) is 5.75 Å². The summed E-state index contributed by atoms with van der Waals surface area (Å²) in [7, 11) is 0. The number of carbonyl (C=O) groups is 1. The van der Waals surface area contributed by atoms with Crippen molar-refractivity contribution < 1.29 is 9.53 Å². The Morgan fingerprint density at radius 3 is 2.42 bits per heavy atom. The zero-order valence-corrected chi connectivity index (χ0v) is 11.5. The number of nitrogens with one attached hydrogen (secondary N) is 1. The normalized spacial score (nSPS) is 12.4. The molecule has 0 aliphatic rings. The van der Waals surface area contributed by atoms with E-state index in [2.05, 4.69) is 5.32 Å². The Balaban J connectivity index is 2.10. The molecule has 100 valence electrons. The molecule has 0 fully saturated rings. The third-order valence-electron chi connectivity index (χ3n) is 2.83. The van der Waals surface area contributed by atoms with Gasteiger partial charge in [0.15, 0.2) is 6.10 Å². The van der Waals surface area contributed by atoms with Crippen molar-refractivity contribution >= 4 is 16.7 Å². The van der Waals surface area contributed by atoms with Crippen molar-refractivity contribution in [3.8, 4) is 5.75 Å². The summed E-state index contributed by atoms with van der Waals surface area (Å²) in [6.07, 6.45) is -0.497. The van der Waals surface area contributed by atoms with Gasteiger partial charge >= 0.3 is 0 Å². The number of hydrogen-bond donors (Lipinski definition) is 1. The summed E-state index contributed by atoms with van der Waals surface area (Å²) in [6, 6.07) is 14.0. The van der Waals surface area contributed by atoms with Crippen LogP contribution in [0.15, 0.2) is 42.5 Å². The van der Waals surface area contributed by atoms with Gasteiger partial charge in [0.1, 0.15) is 5.75 Å². The second-order valence-electron chi connectivity index (χ2n) is 4.93. The van der Waals surface area contributed by atoms with Crippen molar-refractivity contribution in [3.63, 3.8) is 0 Å². The number of fused-ring (bicyclic) bond motifs is 1. The lowest BCUT2D eigenvalue weighted by molar-refractivity contribution is -0.127. The van der Waals surface area contributed by atoms with E-state index < -0.39 is 6.10 Å². The molecule has 19 heavy (non-hydrogen) atoms. The van der Waals surface area contributed by atoms with E-state index in [0.717, 1.165) is 10.8 Å². The highest BCUT2D eigenvalue weighted by atomic mass is 16.5. The highest BCUT2D eigenvalue weighted by Gasteiger charge is 2.15. The van der Waals surface area contributed by atoms with Gasteiger partial charge in [-0.2, -0.15) is 0 Å². The minimum absolute atomic E-state index is 0.0943. The van der Waals surface area contributed by atoms with Gasteiger partial charge in [-0.15, -0.1) is 0 Å². The first-order valence-corrected chi connectivity index (χ1v) is 6.52. The first-order valence-electron chi connectivity index (χ1n) is 6.52. The van der Waals surface area contributed by atoms with Crippen LogP contribution in [0, 0.1) is 0 Å². The molecular formula is C16H19NO2. The predicted octanol–water partition coefficient (Wildman–Crippen LogP) is 3.13. The molecule has 0 aliphatic carbocycles. The molecule has 3 heteroatoms. The molecule has 2 aromatic carbocycles. The number of benzene rings is 2. The topological polar surface area (TPSA) is 38.3 Å². The van der Waals surface area contributed by atoms with Gasteiger partial charge in [0.25, 0.3) is 5.91 Å². The zero-order valence-electron chi connectivity index (χ0n) is 11.5. The van der Waals surface area contributed by atoms with Gasteiger partial charge in [0.2, 0.25) is 0 Å². The Hall–Kier alpha value is -2.03. The van der Waals surface area contributed by atoms with Crippen molar-refractivity contribution in [1.82, 2.24) is 5.32 Å². The molecule has 0 aromatic heterocycles. The molecule has 2 rings (SSSR count).